The number of aryl methyl sites for hydroxylation is 1. The average molecular weight is 288 g/mol. The van der Waals surface area contributed by atoms with Crippen LogP contribution in [-0.2, 0) is 24.2 Å². The van der Waals surface area contributed by atoms with Crippen LogP contribution in [-0.4, -0.2) is 27.2 Å². The van der Waals surface area contributed by atoms with Gasteiger partial charge in [-0.1, -0.05) is 18.6 Å². The molecule has 1 aliphatic heterocycles. The fourth-order valence-corrected chi connectivity index (χ4v) is 3.20. The van der Waals surface area contributed by atoms with Crippen molar-refractivity contribution in [1.29, 1.82) is 0 Å². The molecule has 1 unspecified atom stereocenters. The van der Waals surface area contributed by atoms with Gasteiger partial charge in [-0.05, 0) is 32.1 Å². The maximum absolute atomic E-state index is 12.1. The van der Waals surface area contributed by atoms with Gasteiger partial charge in [0.1, 0.15) is 11.6 Å². The Bertz CT molecular complexity index is 520. The molecular weight excluding hydrogens is 264 g/mol. The van der Waals surface area contributed by atoms with Gasteiger partial charge in [0.05, 0.1) is 0 Å². The van der Waals surface area contributed by atoms with Crippen LogP contribution < -0.4 is 5.32 Å². The third-order valence-corrected chi connectivity index (χ3v) is 4.47. The Morgan fingerprint density at radius 3 is 3.10 bits per heavy atom. The zero-order valence-corrected chi connectivity index (χ0v) is 12.6. The summed E-state index contributed by atoms with van der Waals surface area (Å²) in [7, 11) is 0. The molecule has 5 heteroatoms. The second kappa shape index (κ2) is 6.87. The topological polar surface area (TPSA) is 59.8 Å². The van der Waals surface area contributed by atoms with Crippen molar-refractivity contribution in [1.82, 2.24) is 20.1 Å². The van der Waals surface area contributed by atoms with Crippen LogP contribution >= 0.6 is 0 Å². The number of carbonyl (C=O) groups is 1. The van der Waals surface area contributed by atoms with E-state index in [1.54, 1.807) is 0 Å². The normalized spacial score (nSPS) is 21.6. The molecule has 1 atom stereocenters. The van der Waals surface area contributed by atoms with Gasteiger partial charge in [0.2, 0.25) is 5.91 Å². The van der Waals surface area contributed by atoms with Crippen LogP contribution in [0.1, 0.15) is 50.2 Å². The summed E-state index contributed by atoms with van der Waals surface area (Å²) in [6.45, 7) is 1.69. The van der Waals surface area contributed by atoms with E-state index in [9.17, 15) is 4.79 Å². The summed E-state index contributed by atoms with van der Waals surface area (Å²) in [5.74, 6) is 2.49. The maximum Gasteiger partial charge on any atom is 0.223 e. The Labute approximate surface area is 125 Å². The largest absolute Gasteiger partial charge is 0.355 e. The molecule has 0 radical (unpaired) electrons. The molecule has 3 rings (SSSR count). The molecule has 1 aromatic heterocycles. The SMILES string of the molecule is O=C(NCCc1nnc2n1CCCCC2)C1CC=CCC1. The second-order valence-corrected chi connectivity index (χ2v) is 6.02. The van der Waals surface area contributed by atoms with E-state index in [1.165, 1.54) is 19.3 Å². The smallest absolute Gasteiger partial charge is 0.223 e. The molecular formula is C16H24N4O. The number of nitrogens with zero attached hydrogens (tertiary/aromatic N) is 3. The number of nitrogens with one attached hydrogen (secondary N) is 1. The van der Waals surface area contributed by atoms with Crippen LogP contribution in [0.15, 0.2) is 12.2 Å². The van der Waals surface area contributed by atoms with E-state index in [0.29, 0.717) is 6.54 Å². The predicted molar refractivity (Wildman–Crippen MR) is 80.8 cm³/mol. The highest BCUT2D eigenvalue weighted by molar-refractivity contribution is 5.78. The molecule has 0 saturated heterocycles. The van der Waals surface area contributed by atoms with Gasteiger partial charge in [0, 0.05) is 31.8 Å². The minimum Gasteiger partial charge on any atom is -0.355 e. The van der Waals surface area contributed by atoms with Crippen molar-refractivity contribution < 1.29 is 4.79 Å². The summed E-state index contributed by atoms with van der Waals surface area (Å²) < 4.78 is 2.25. The number of hydrogen-bond donors (Lipinski definition) is 1. The summed E-state index contributed by atoms with van der Waals surface area (Å²) in [5, 5.41) is 11.7. The number of fused-ring (bicyclic) bond motifs is 1. The highest BCUT2D eigenvalue weighted by Crippen LogP contribution is 2.18. The van der Waals surface area contributed by atoms with Gasteiger partial charge >= 0.3 is 0 Å². The molecule has 21 heavy (non-hydrogen) atoms. The fraction of sp³-hybridized carbons (Fsp3) is 0.688. The van der Waals surface area contributed by atoms with Gasteiger partial charge in [0.25, 0.3) is 0 Å². The first-order valence-electron chi connectivity index (χ1n) is 8.18. The molecule has 0 bridgehead atoms. The lowest BCUT2D eigenvalue weighted by atomic mass is 9.94. The number of hydrogen-bond acceptors (Lipinski definition) is 3. The van der Waals surface area contributed by atoms with Crippen molar-refractivity contribution in [2.75, 3.05) is 6.54 Å². The highest BCUT2D eigenvalue weighted by atomic mass is 16.1. The van der Waals surface area contributed by atoms with E-state index in [0.717, 1.165) is 50.3 Å². The summed E-state index contributed by atoms with van der Waals surface area (Å²) >= 11 is 0. The van der Waals surface area contributed by atoms with Gasteiger partial charge in [-0.15, -0.1) is 10.2 Å². The summed E-state index contributed by atoms with van der Waals surface area (Å²) in [5.41, 5.74) is 0. The minimum absolute atomic E-state index is 0.158. The van der Waals surface area contributed by atoms with Crippen LogP contribution in [0.3, 0.4) is 0 Å². The highest BCUT2D eigenvalue weighted by Gasteiger charge is 2.19. The Morgan fingerprint density at radius 1 is 1.29 bits per heavy atom. The molecule has 1 amide bonds. The molecule has 5 nitrogen and oxygen atoms in total. The van der Waals surface area contributed by atoms with Crippen LogP contribution in [0.25, 0.3) is 0 Å². The molecule has 2 heterocycles. The van der Waals surface area contributed by atoms with Crippen LogP contribution in [0.2, 0.25) is 0 Å². The van der Waals surface area contributed by atoms with Gasteiger partial charge in [0.15, 0.2) is 0 Å². The Balaban J connectivity index is 1.50. The molecule has 1 aliphatic carbocycles. The molecule has 1 aromatic rings. The second-order valence-electron chi connectivity index (χ2n) is 6.02. The number of aromatic nitrogens is 3. The third-order valence-electron chi connectivity index (χ3n) is 4.47. The van der Waals surface area contributed by atoms with E-state index < -0.39 is 0 Å². The zero-order valence-electron chi connectivity index (χ0n) is 12.6. The van der Waals surface area contributed by atoms with E-state index in [2.05, 4.69) is 32.2 Å². The lowest BCUT2D eigenvalue weighted by Crippen LogP contribution is -2.33. The van der Waals surface area contributed by atoms with Gasteiger partial charge < -0.3 is 9.88 Å². The standard InChI is InChI=1S/C16H24N4O/c21-16(13-7-3-1-4-8-13)17-11-10-15-19-18-14-9-5-2-6-12-20(14)15/h1,3,13H,2,4-12H2,(H,17,21). The van der Waals surface area contributed by atoms with Crippen LogP contribution in [0.5, 0.6) is 0 Å². The van der Waals surface area contributed by atoms with Crippen LogP contribution in [0, 0.1) is 5.92 Å². The zero-order chi connectivity index (χ0) is 14.5. The molecule has 114 valence electrons. The van der Waals surface area contributed by atoms with Gasteiger partial charge in [-0.2, -0.15) is 0 Å². The van der Waals surface area contributed by atoms with Gasteiger partial charge in [-0.25, -0.2) is 0 Å². The number of carbonyl (C=O) groups excluding carboxylic acids is 1. The average Bonchev–Trinajstić information content (AvgIpc) is 2.76. The van der Waals surface area contributed by atoms with Crippen molar-refractivity contribution in [3.05, 3.63) is 23.8 Å². The van der Waals surface area contributed by atoms with Gasteiger partial charge in [-0.3, -0.25) is 4.79 Å². The quantitative estimate of drug-likeness (QED) is 0.862. The Kier molecular flexibility index (Phi) is 4.68. The van der Waals surface area contributed by atoms with E-state index >= 15 is 0 Å². The fourth-order valence-electron chi connectivity index (χ4n) is 3.20. The van der Waals surface area contributed by atoms with Crippen molar-refractivity contribution in [3.8, 4) is 0 Å². The lowest BCUT2D eigenvalue weighted by molar-refractivity contribution is -0.125. The van der Waals surface area contributed by atoms with Crippen molar-refractivity contribution in [2.45, 2.75) is 57.9 Å². The Hall–Kier alpha value is -1.65. The minimum atomic E-state index is 0.158. The number of amides is 1. The molecule has 0 aromatic carbocycles. The molecule has 0 fully saturated rings. The van der Waals surface area contributed by atoms with E-state index in [1.807, 2.05) is 0 Å². The molecule has 1 N–H and O–H groups in total. The van der Waals surface area contributed by atoms with Crippen LogP contribution in [0.4, 0.5) is 0 Å². The summed E-state index contributed by atoms with van der Waals surface area (Å²) in [4.78, 5) is 12.1. The first kappa shape index (κ1) is 14.3. The predicted octanol–water partition coefficient (Wildman–Crippen LogP) is 2.02. The van der Waals surface area contributed by atoms with Crippen molar-refractivity contribution in [2.24, 2.45) is 5.92 Å². The molecule has 0 spiro atoms. The first-order chi connectivity index (χ1) is 10.3. The monoisotopic (exact) mass is 288 g/mol. The molecule has 0 saturated carbocycles. The maximum atomic E-state index is 12.1. The van der Waals surface area contributed by atoms with E-state index in [4.69, 9.17) is 0 Å². The number of allylic oxidation sites excluding steroid dienone is 2. The van der Waals surface area contributed by atoms with Crippen molar-refractivity contribution >= 4 is 5.91 Å². The first-order valence-corrected chi connectivity index (χ1v) is 8.18. The summed E-state index contributed by atoms with van der Waals surface area (Å²) in [6.07, 6.45) is 12.7. The van der Waals surface area contributed by atoms with E-state index in [-0.39, 0.29) is 11.8 Å². The van der Waals surface area contributed by atoms with Crippen molar-refractivity contribution in [3.63, 3.8) is 0 Å². The Morgan fingerprint density at radius 2 is 2.24 bits per heavy atom. The lowest BCUT2D eigenvalue weighted by Gasteiger charge is -2.17. The summed E-state index contributed by atoms with van der Waals surface area (Å²) in [6, 6.07) is 0. The number of rotatable bonds is 4. The third kappa shape index (κ3) is 3.52. The molecule has 2 aliphatic rings.